The summed E-state index contributed by atoms with van der Waals surface area (Å²) in [6, 6.07) is 0. The summed E-state index contributed by atoms with van der Waals surface area (Å²) in [6.45, 7) is 12.1. The number of carbonyl (C=O) groups is 2. The summed E-state index contributed by atoms with van der Waals surface area (Å²) in [5, 5.41) is 42.2. The summed E-state index contributed by atoms with van der Waals surface area (Å²) in [4.78, 5) is 24.9. The molecule has 4 fully saturated rings. The molecule has 0 aromatic carbocycles. The third-order valence-electron chi connectivity index (χ3n) is 11.8. The van der Waals surface area contributed by atoms with Crippen LogP contribution in [0.5, 0.6) is 0 Å². The van der Waals surface area contributed by atoms with E-state index in [4.69, 9.17) is 4.74 Å². The number of hydrogen-bond donors (Lipinski definition) is 4. The van der Waals surface area contributed by atoms with Gasteiger partial charge in [0.25, 0.3) is 0 Å². The zero-order chi connectivity index (χ0) is 28.2. The molecule has 38 heavy (non-hydrogen) atoms. The van der Waals surface area contributed by atoms with E-state index in [1.807, 2.05) is 13.0 Å². The molecule has 0 heterocycles. The monoisotopic (exact) mass is 532 g/mol. The van der Waals surface area contributed by atoms with Crippen LogP contribution in [-0.4, -0.2) is 57.3 Å². The minimum atomic E-state index is -1.01. The Morgan fingerprint density at radius 3 is 2.34 bits per heavy atom. The van der Waals surface area contributed by atoms with Gasteiger partial charge in [0.15, 0.2) is 0 Å². The summed E-state index contributed by atoms with van der Waals surface area (Å²) >= 11 is 0. The predicted octanol–water partition coefficient (Wildman–Crippen LogP) is 4.64. The van der Waals surface area contributed by atoms with E-state index in [1.54, 1.807) is 0 Å². The van der Waals surface area contributed by atoms with Gasteiger partial charge in [0.2, 0.25) is 0 Å². The van der Waals surface area contributed by atoms with Gasteiger partial charge in [-0.05, 0) is 104 Å². The van der Waals surface area contributed by atoms with Crippen LogP contribution in [0.25, 0.3) is 0 Å². The molecule has 7 heteroatoms. The molecule has 0 saturated heterocycles. The van der Waals surface area contributed by atoms with Crippen LogP contribution in [0.15, 0.2) is 22.8 Å². The Bertz CT molecular complexity index is 1020. The number of rotatable bonds is 6. The number of aliphatic carboxylic acids is 1. The zero-order valence-corrected chi connectivity index (χ0v) is 24.0. The normalized spacial score (nSPS) is 46.0. The molecule has 0 aromatic rings. The topological polar surface area (TPSA) is 124 Å². The molecular weight excluding hydrogens is 484 g/mol. The number of esters is 1. The van der Waals surface area contributed by atoms with Crippen LogP contribution < -0.4 is 0 Å². The van der Waals surface area contributed by atoms with E-state index in [2.05, 4.69) is 27.7 Å². The minimum Gasteiger partial charge on any atom is -0.478 e. The van der Waals surface area contributed by atoms with Crippen molar-refractivity contribution in [1.82, 2.24) is 0 Å². The average molecular weight is 533 g/mol. The predicted molar refractivity (Wildman–Crippen MR) is 144 cm³/mol. The SMILES string of the molecule is CC(=O)O[C@H]1C[C@@]2(C)[C@@H](C[C@@H](O)[C@H]3[C@@]4(C)CC[C@@H](O)[C@@H](C)[C@@H]4CC[C@@]32C)/C1=C(\CCC=C(C)CO)C(=O)O. The molecule has 0 spiro atoms. The van der Waals surface area contributed by atoms with E-state index >= 15 is 0 Å². The van der Waals surface area contributed by atoms with Crippen molar-refractivity contribution in [3.8, 4) is 0 Å². The van der Waals surface area contributed by atoms with E-state index in [1.165, 1.54) is 6.92 Å². The van der Waals surface area contributed by atoms with Gasteiger partial charge < -0.3 is 25.2 Å². The Labute approximate surface area is 227 Å². The highest BCUT2D eigenvalue weighted by Crippen LogP contribution is 2.74. The molecule has 4 saturated carbocycles. The maximum Gasteiger partial charge on any atom is 0.331 e. The third kappa shape index (κ3) is 4.46. The van der Waals surface area contributed by atoms with E-state index in [9.17, 15) is 30.0 Å². The number of carboxylic acids is 1. The Balaban J connectivity index is 1.81. The second-order valence-corrected chi connectivity index (χ2v) is 13.6. The first-order valence-electron chi connectivity index (χ1n) is 14.5. The fourth-order valence-electron chi connectivity index (χ4n) is 9.81. The lowest BCUT2D eigenvalue weighted by Crippen LogP contribution is -2.65. The highest BCUT2D eigenvalue weighted by Gasteiger charge is 2.70. The molecule has 10 atom stereocenters. The molecule has 0 aromatic heterocycles. The molecule has 4 N–H and O–H groups in total. The smallest absolute Gasteiger partial charge is 0.331 e. The highest BCUT2D eigenvalue weighted by molar-refractivity contribution is 5.88. The second-order valence-electron chi connectivity index (χ2n) is 13.6. The molecule has 0 bridgehead atoms. The Morgan fingerprint density at radius 1 is 1.05 bits per heavy atom. The Morgan fingerprint density at radius 2 is 1.74 bits per heavy atom. The molecule has 0 amide bonds. The maximum atomic E-state index is 12.6. The van der Waals surface area contributed by atoms with Gasteiger partial charge in [-0.15, -0.1) is 0 Å². The number of aliphatic hydroxyl groups excluding tert-OH is 3. The van der Waals surface area contributed by atoms with Gasteiger partial charge in [-0.2, -0.15) is 0 Å². The number of carbonyl (C=O) groups excluding carboxylic acids is 1. The van der Waals surface area contributed by atoms with E-state index in [0.717, 1.165) is 31.3 Å². The van der Waals surface area contributed by atoms with Gasteiger partial charge in [-0.3, -0.25) is 4.79 Å². The maximum absolute atomic E-state index is 12.6. The first kappa shape index (κ1) is 29.3. The van der Waals surface area contributed by atoms with Crippen LogP contribution in [-0.2, 0) is 14.3 Å². The number of aliphatic hydroxyl groups is 3. The van der Waals surface area contributed by atoms with Crippen LogP contribution in [0.1, 0.15) is 92.9 Å². The molecular formula is C31H48O7. The molecule has 0 radical (unpaired) electrons. The lowest BCUT2D eigenvalue weighted by molar-refractivity contribution is -0.234. The van der Waals surface area contributed by atoms with Crippen molar-refractivity contribution < 1.29 is 34.8 Å². The van der Waals surface area contributed by atoms with Crippen LogP contribution in [0, 0.1) is 39.9 Å². The summed E-state index contributed by atoms with van der Waals surface area (Å²) in [7, 11) is 0. The van der Waals surface area contributed by atoms with Crippen LogP contribution >= 0.6 is 0 Å². The molecule has 4 rings (SSSR count). The zero-order valence-electron chi connectivity index (χ0n) is 24.0. The summed E-state index contributed by atoms with van der Waals surface area (Å²) in [6.07, 6.45) is 5.51. The second kappa shape index (κ2) is 10.4. The first-order chi connectivity index (χ1) is 17.7. The van der Waals surface area contributed by atoms with Crippen LogP contribution in [0.2, 0.25) is 0 Å². The van der Waals surface area contributed by atoms with Gasteiger partial charge in [-0.25, -0.2) is 4.79 Å². The number of fused-ring (bicyclic) bond motifs is 5. The molecule has 214 valence electrons. The lowest BCUT2D eigenvalue weighted by atomic mass is 9.36. The summed E-state index contributed by atoms with van der Waals surface area (Å²) in [5.41, 5.74) is 0.980. The van der Waals surface area contributed by atoms with Crippen LogP contribution in [0.3, 0.4) is 0 Å². The quantitative estimate of drug-likeness (QED) is 0.223. The van der Waals surface area contributed by atoms with Gasteiger partial charge in [-0.1, -0.05) is 39.3 Å². The number of ether oxygens (including phenoxy) is 1. The average Bonchev–Trinajstić information content (AvgIpc) is 3.10. The van der Waals surface area contributed by atoms with Crippen molar-refractivity contribution in [2.24, 2.45) is 39.9 Å². The Hall–Kier alpha value is -1.70. The first-order valence-corrected chi connectivity index (χ1v) is 14.5. The van der Waals surface area contributed by atoms with Crippen molar-refractivity contribution in [1.29, 1.82) is 0 Å². The fraction of sp³-hybridized carbons (Fsp3) is 0.806. The summed E-state index contributed by atoms with van der Waals surface area (Å²) < 4.78 is 5.85. The standard InChI is InChI=1S/C31H48O7/c1-17(16-32)8-7-9-20(28(36)37)26-22-14-24(35)27-29(4)12-11-23(34)18(2)21(29)10-13-30(27,5)31(22,6)15-25(26)38-19(3)33/h8,18,21-25,27,32,34-35H,7,9-16H2,1-6H3,(H,36,37)/b17-8?,26-20-/t18-,21-,22-,23+,24+,25-,27-,29-,30-,31-/m0/s1. The molecule has 7 nitrogen and oxygen atoms in total. The summed E-state index contributed by atoms with van der Waals surface area (Å²) in [5.74, 6) is -1.11. The molecule has 0 aliphatic heterocycles. The Kier molecular flexibility index (Phi) is 7.99. The highest BCUT2D eigenvalue weighted by atomic mass is 16.5. The van der Waals surface area contributed by atoms with E-state index < -0.39 is 24.1 Å². The number of allylic oxidation sites excluding steroid dienone is 1. The molecule has 4 aliphatic carbocycles. The van der Waals surface area contributed by atoms with Crippen molar-refractivity contribution >= 4 is 11.9 Å². The van der Waals surface area contributed by atoms with Crippen molar-refractivity contribution in [3.05, 3.63) is 22.8 Å². The van der Waals surface area contributed by atoms with Gasteiger partial charge in [0.1, 0.15) is 6.10 Å². The largest absolute Gasteiger partial charge is 0.478 e. The van der Waals surface area contributed by atoms with Crippen molar-refractivity contribution in [2.45, 2.75) is 111 Å². The van der Waals surface area contributed by atoms with Gasteiger partial charge >= 0.3 is 11.9 Å². The van der Waals surface area contributed by atoms with E-state index in [0.29, 0.717) is 30.8 Å². The van der Waals surface area contributed by atoms with Crippen molar-refractivity contribution in [3.63, 3.8) is 0 Å². The van der Waals surface area contributed by atoms with E-state index in [-0.39, 0.29) is 58.7 Å². The number of carboxylic acid groups (broad SMARTS) is 1. The number of hydrogen-bond acceptors (Lipinski definition) is 6. The van der Waals surface area contributed by atoms with Gasteiger partial charge in [0, 0.05) is 12.5 Å². The third-order valence-corrected chi connectivity index (χ3v) is 11.8. The molecule has 4 aliphatic rings. The minimum absolute atomic E-state index is 0.0192. The van der Waals surface area contributed by atoms with Gasteiger partial charge in [0.05, 0.1) is 18.8 Å². The lowest BCUT2D eigenvalue weighted by Gasteiger charge is -2.69. The molecule has 0 unspecified atom stereocenters. The van der Waals surface area contributed by atoms with Crippen LogP contribution in [0.4, 0.5) is 0 Å². The fourth-order valence-corrected chi connectivity index (χ4v) is 9.81. The van der Waals surface area contributed by atoms with Crippen molar-refractivity contribution in [2.75, 3.05) is 6.61 Å².